The number of halogens is 1. The highest BCUT2D eigenvalue weighted by Crippen LogP contribution is 2.31. The SMILES string of the molecule is CCc1nnsc1C(=O)N(CC1CCCO1)c1nc(-c2ccc(Br)cc2)cs1. The number of rotatable bonds is 6. The number of aryl methyl sites for hydroxylation is 1. The van der Waals surface area contributed by atoms with Gasteiger partial charge >= 0.3 is 0 Å². The first kappa shape index (κ1) is 19.6. The van der Waals surface area contributed by atoms with E-state index in [0.717, 1.165) is 52.4 Å². The molecule has 6 nitrogen and oxygen atoms in total. The molecule has 1 aromatic carbocycles. The van der Waals surface area contributed by atoms with Crippen LogP contribution in [0.1, 0.15) is 35.1 Å². The number of aromatic nitrogens is 3. The highest BCUT2D eigenvalue weighted by Gasteiger charge is 2.29. The molecule has 1 fully saturated rings. The average Bonchev–Trinajstić information content (AvgIpc) is 3.47. The normalized spacial score (nSPS) is 16.4. The van der Waals surface area contributed by atoms with Gasteiger partial charge in [-0.2, -0.15) is 0 Å². The lowest BCUT2D eigenvalue weighted by molar-refractivity contribution is 0.0920. The number of carbonyl (C=O) groups is 1. The number of ether oxygens (including phenoxy) is 1. The van der Waals surface area contributed by atoms with E-state index in [4.69, 9.17) is 9.72 Å². The van der Waals surface area contributed by atoms with E-state index in [9.17, 15) is 4.79 Å². The summed E-state index contributed by atoms with van der Waals surface area (Å²) >= 11 is 6.07. The van der Waals surface area contributed by atoms with E-state index in [-0.39, 0.29) is 12.0 Å². The summed E-state index contributed by atoms with van der Waals surface area (Å²) in [6, 6.07) is 8.00. The van der Waals surface area contributed by atoms with Crippen molar-refractivity contribution in [3.63, 3.8) is 0 Å². The standard InChI is InChI=1S/C19H19BrN4O2S2/c1-2-15-17(28-23-22-15)18(25)24(10-14-4-3-9-26-14)19-21-16(11-27-19)12-5-7-13(20)8-6-12/h5-8,11,14H,2-4,9-10H2,1H3. The molecule has 146 valence electrons. The summed E-state index contributed by atoms with van der Waals surface area (Å²) in [6.07, 6.45) is 2.69. The van der Waals surface area contributed by atoms with Crippen LogP contribution < -0.4 is 4.90 Å². The van der Waals surface area contributed by atoms with Crippen molar-refractivity contribution in [2.75, 3.05) is 18.1 Å². The van der Waals surface area contributed by atoms with Gasteiger partial charge in [0.25, 0.3) is 5.91 Å². The molecule has 3 heterocycles. The average molecular weight is 479 g/mol. The van der Waals surface area contributed by atoms with Crippen LogP contribution in [-0.4, -0.2) is 39.7 Å². The number of thiazole rings is 1. The van der Waals surface area contributed by atoms with Gasteiger partial charge in [0, 0.05) is 22.0 Å². The lowest BCUT2D eigenvalue weighted by Crippen LogP contribution is -2.37. The minimum atomic E-state index is -0.0981. The minimum absolute atomic E-state index is 0.0370. The Balaban J connectivity index is 1.65. The van der Waals surface area contributed by atoms with Crippen LogP contribution in [0.5, 0.6) is 0 Å². The van der Waals surface area contributed by atoms with Crippen molar-refractivity contribution in [2.45, 2.75) is 32.3 Å². The molecule has 1 aliphatic rings. The Hall–Kier alpha value is -1.68. The van der Waals surface area contributed by atoms with Gasteiger partial charge in [-0.05, 0) is 42.9 Å². The molecule has 0 aliphatic carbocycles. The fourth-order valence-electron chi connectivity index (χ4n) is 3.11. The molecule has 4 rings (SSSR count). The zero-order valence-electron chi connectivity index (χ0n) is 15.3. The summed E-state index contributed by atoms with van der Waals surface area (Å²) in [5.74, 6) is -0.0981. The molecule has 3 aromatic rings. The van der Waals surface area contributed by atoms with E-state index in [1.165, 1.54) is 11.3 Å². The smallest absolute Gasteiger partial charge is 0.273 e. The third-order valence-electron chi connectivity index (χ3n) is 4.60. The molecule has 1 unspecified atom stereocenters. The second kappa shape index (κ2) is 8.77. The predicted octanol–water partition coefficient (Wildman–Crippen LogP) is 4.81. The Bertz CT molecular complexity index is 951. The van der Waals surface area contributed by atoms with Gasteiger partial charge < -0.3 is 4.74 Å². The Morgan fingerprint density at radius 1 is 1.36 bits per heavy atom. The van der Waals surface area contributed by atoms with E-state index in [1.54, 1.807) is 4.90 Å². The summed E-state index contributed by atoms with van der Waals surface area (Å²) in [7, 11) is 0. The quantitative estimate of drug-likeness (QED) is 0.508. The monoisotopic (exact) mass is 478 g/mol. The number of hydrogen-bond acceptors (Lipinski definition) is 7. The van der Waals surface area contributed by atoms with E-state index >= 15 is 0 Å². The van der Waals surface area contributed by atoms with Crippen LogP contribution in [0.15, 0.2) is 34.1 Å². The van der Waals surface area contributed by atoms with Crippen molar-refractivity contribution in [3.8, 4) is 11.3 Å². The van der Waals surface area contributed by atoms with Crippen molar-refractivity contribution < 1.29 is 9.53 Å². The summed E-state index contributed by atoms with van der Waals surface area (Å²) in [5.41, 5.74) is 2.61. The van der Waals surface area contributed by atoms with Crippen LogP contribution in [0.3, 0.4) is 0 Å². The summed E-state index contributed by atoms with van der Waals surface area (Å²) < 4.78 is 10.8. The number of anilines is 1. The van der Waals surface area contributed by atoms with Crippen molar-refractivity contribution in [2.24, 2.45) is 0 Å². The second-order valence-electron chi connectivity index (χ2n) is 6.48. The maximum absolute atomic E-state index is 13.3. The van der Waals surface area contributed by atoms with Crippen LogP contribution >= 0.6 is 38.8 Å². The maximum Gasteiger partial charge on any atom is 0.273 e. The van der Waals surface area contributed by atoms with E-state index in [2.05, 4.69) is 25.5 Å². The summed E-state index contributed by atoms with van der Waals surface area (Å²) in [5, 5.41) is 6.75. The second-order valence-corrected chi connectivity index (χ2v) is 8.98. The zero-order chi connectivity index (χ0) is 19.5. The van der Waals surface area contributed by atoms with Crippen LogP contribution in [0.2, 0.25) is 0 Å². The van der Waals surface area contributed by atoms with Gasteiger partial charge in [-0.1, -0.05) is 39.5 Å². The lowest BCUT2D eigenvalue weighted by Gasteiger charge is -2.22. The molecule has 0 saturated carbocycles. The number of nitrogens with zero attached hydrogens (tertiary/aromatic N) is 4. The highest BCUT2D eigenvalue weighted by atomic mass is 79.9. The first-order chi connectivity index (χ1) is 13.7. The number of benzene rings is 1. The molecule has 1 atom stereocenters. The molecular weight excluding hydrogens is 460 g/mol. The van der Waals surface area contributed by atoms with E-state index in [0.29, 0.717) is 23.0 Å². The van der Waals surface area contributed by atoms with Crippen LogP contribution in [0.25, 0.3) is 11.3 Å². The first-order valence-corrected chi connectivity index (χ1v) is 11.6. The third-order valence-corrected chi connectivity index (χ3v) is 6.75. The molecule has 2 aromatic heterocycles. The lowest BCUT2D eigenvalue weighted by atomic mass is 10.2. The summed E-state index contributed by atoms with van der Waals surface area (Å²) in [4.78, 5) is 20.4. The number of hydrogen-bond donors (Lipinski definition) is 0. The van der Waals surface area contributed by atoms with Gasteiger partial charge in [0.05, 0.1) is 24.0 Å². The van der Waals surface area contributed by atoms with Crippen LogP contribution in [-0.2, 0) is 11.2 Å². The molecular formula is C19H19BrN4O2S2. The largest absolute Gasteiger partial charge is 0.376 e. The Morgan fingerprint density at radius 3 is 2.89 bits per heavy atom. The Kier molecular flexibility index (Phi) is 6.15. The molecule has 0 bridgehead atoms. The third kappa shape index (κ3) is 4.17. The van der Waals surface area contributed by atoms with Crippen molar-refractivity contribution in [1.82, 2.24) is 14.6 Å². The van der Waals surface area contributed by atoms with E-state index in [1.807, 2.05) is 36.6 Å². The molecule has 0 radical (unpaired) electrons. The zero-order valence-corrected chi connectivity index (χ0v) is 18.5. The van der Waals surface area contributed by atoms with Crippen LogP contribution in [0, 0.1) is 0 Å². The molecule has 1 saturated heterocycles. The van der Waals surface area contributed by atoms with Gasteiger partial charge in [-0.25, -0.2) is 4.98 Å². The first-order valence-electron chi connectivity index (χ1n) is 9.12. The van der Waals surface area contributed by atoms with Crippen LogP contribution in [0.4, 0.5) is 5.13 Å². The van der Waals surface area contributed by atoms with Gasteiger partial charge in [-0.3, -0.25) is 9.69 Å². The molecule has 1 aliphatic heterocycles. The van der Waals surface area contributed by atoms with Gasteiger partial charge in [0.2, 0.25) is 0 Å². The minimum Gasteiger partial charge on any atom is -0.376 e. The van der Waals surface area contributed by atoms with Crippen molar-refractivity contribution in [1.29, 1.82) is 0 Å². The Morgan fingerprint density at radius 2 is 2.18 bits per heavy atom. The van der Waals surface area contributed by atoms with E-state index < -0.39 is 0 Å². The number of carbonyl (C=O) groups excluding carboxylic acids is 1. The predicted molar refractivity (Wildman–Crippen MR) is 115 cm³/mol. The molecule has 1 amide bonds. The maximum atomic E-state index is 13.3. The fourth-order valence-corrected chi connectivity index (χ4v) is 4.91. The fraction of sp³-hybridized carbons (Fsp3) is 0.368. The molecule has 28 heavy (non-hydrogen) atoms. The van der Waals surface area contributed by atoms with Crippen molar-refractivity contribution >= 4 is 49.8 Å². The number of amides is 1. The molecule has 0 spiro atoms. The Labute approximate surface area is 179 Å². The van der Waals surface area contributed by atoms with Gasteiger partial charge in [-0.15, -0.1) is 16.4 Å². The van der Waals surface area contributed by atoms with Gasteiger partial charge in [0.15, 0.2) is 5.13 Å². The topological polar surface area (TPSA) is 68.2 Å². The van der Waals surface area contributed by atoms with Gasteiger partial charge in [0.1, 0.15) is 4.88 Å². The molecule has 0 N–H and O–H groups in total. The highest BCUT2D eigenvalue weighted by molar-refractivity contribution is 9.10. The van der Waals surface area contributed by atoms with Crippen molar-refractivity contribution in [3.05, 3.63) is 44.7 Å². The molecule has 9 heteroatoms. The summed E-state index contributed by atoms with van der Waals surface area (Å²) in [6.45, 7) is 3.22.